The second kappa shape index (κ2) is 11.7. The molecule has 2 aromatic carbocycles. The molecule has 1 heterocycles. The molecule has 0 aliphatic heterocycles. The van der Waals surface area contributed by atoms with E-state index in [4.69, 9.17) is 4.74 Å². The van der Waals surface area contributed by atoms with Crippen LogP contribution in [0.5, 0.6) is 11.6 Å². The maximum absolute atomic E-state index is 14.0. The van der Waals surface area contributed by atoms with Crippen LogP contribution >= 0.6 is 0 Å². The number of carbonyl (C=O) groups excluding carboxylic acids is 1. The first-order valence-corrected chi connectivity index (χ1v) is 13.5. The molecular formula is C26H31FN4O6S. The number of rotatable bonds is 11. The molecule has 12 heteroatoms. The first-order chi connectivity index (χ1) is 17.8. The molecule has 0 aliphatic carbocycles. The molecule has 0 spiro atoms. The van der Waals surface area contributed by atoms with Crippen molar-refractivity contribution in [2.75, 3.05) is 11.9 Å². The lowest BCUT2D eigenvalue weighted by atomic mass is 10.1. The third kappa shape index (κ3) is 6.56. The zero-order valence-electron chi connectivity index (χ0n) is 21.8. The molecule has 0 unspecified atom stereocenters. The molecule has 1 atom stereocenters. The van der Waals surface area contributed by atoms with Gasteiger partial charge in [0.1, 0.15) is 16.5 Å². The smallest absolute Gasteiger partial charge is 0.356 e. The van der Waals surface area contributed by atoms with Crippen molar-refractivity contribution >= 4 is 27.6 Å². The van der Waals surface area contributed by atoms with Crippen LogP contribution in [0.4, 0.5) is 10.1 Å². The molecule has 10 nitrogen and oxygen atoms in total. The Hall–Kier alpha value is -3.77. The number of hydrogen-bond donors (Lipinski definition) is 3. The third-order valence-electron chi connectivity index (χ3n) is 5.77. The predicted octanol–water partition coefficient (Wildman–Crippen LogP) is 4.73. The molecule has 38 heavy (non-hydrogen) atoms. The Morgan fingerprint density at radius 2 is 1.87 bits per heavy atom. The van der Waals surface area contributed by atoms with Crippen molar-refractivity contribution in [3.63, 3.8) is 0 Å². The van der Waals surface area contributed by atoms with Crippen LogP contribution in [0, 0.1) is 24.6 Å². The van der Waals surface area contributed by atoms with Gasteiger partial charge in [0.05, 0.1) is 5.69 Å². The predicted molar refractivity (Wildman–Crippen MR) is 140 cm³/mol. The van der Waals surface area contributed by atoms with E-state index >= 15 is 0 Å². The quantitative estimate of drug-likeness (QED) is 0.316. The maximum Gasteiger partial charge on any atom is 0.356 e. The summed E-state index contributed by atoms with van der Waals surface area (Å²) >= 11 is 0. The van der Waals surface area contributed by atoms with Crippen molar-refractivity contribution in [1.82, 2.24) is 14.5 Å². The Morgan fingerprint density at radius 1 is 1.16 bits per heavy atom. The summed E-state index contributed by atoms with van der Waals surface area (Å²) in [4.78, 5) is 23.9. The van der Waals surface area contributed by atoms with E-state index in [1.54, 1.807) is 6.92 Å². The molecule has 1 amide bonds. The van der Waals surface area contributed by atoms with Gasteiger partial charge in [0.15, 0.2) is 5.69 Å². The number of amides is 1. The number of aromatic carboxylic acids is 1. The van der Waals surface area contributed by atoms with Crippen molar-refractivity contribution in [3.05, 3.63) is 59.5 Å². The Morgan fingerprint density at radius 3 is 2.47 bits per heavy atom. The summed E-state index contributed by atoms with van der Waals surface area (Å²) < 4.78 is 50.2. The number of nitrogens with one attached hydrogen (secondary N) is 2. The van der Waals surface area contributed by atoms with E-state index in [2.05, 4.69) is 15.1 Å². The first-order valence-electron chi connectivity index (χ1n) is 12.0. The summed E-state index contributed by atoms with van der Waals surface area (Å²) in [6.45, 7) is 8.91. The van der Waals surface area contributed by atoms with Crippen LogP contribution in [0.1, 0.15) is 50.2 Å². The second-order valence-corrected chi connectivity index (χ2v) is 11.0. The maximum atomic E-state index is 14.0. The molecule has 3 aromatic rings. The second-order valence-electron chi connectivity index (χ2n) is 9.28. The minimum atomic E-state index is -4.13. The van der Waals surface area contributed by atoms with Crippen LogP contribution < -0.4 is 14.8 Å². The van der Waals surface area contributed by atoms with E-state index in [1.807, 2.05) is 20.8 Å². The van der Waals surface area contributed by atoms with Crippen molar-refractivity contribution in [3.8, 4) is 17.3 Å². The van der Waals surface area contributed by atoms with Crippen LogP contribution in [0.15, 0.2) is 47.4 Å². The minimum Gasteiger partial charge on any atom is -0.476 e. The number of carboxylic acids is 1. The van der Waals surface area contributed by atoms with Gasteiger partial charge in [0.2, 0.25) is 21.8 Å². The van der Waals surface area contributed by atoms with Gasteiger partial charge < -0.3 is 15.2 Å². The van der Waals surface area contributed by atoms with E-state index in [0.29, 0.717) is 6.42 Å². The average Bonchev–Trinajstić information content (AvgIpc) is 3.19. The molecule has 204 valence electrons. The van der Waals surface area contributed by atoms with Gasteiger partial charge in [-0.1, -0.05) is 33.8 Å². The number of sulfonamides is 1. The number of halogens is 1. The zero-order valence-corrected chi connectivity index (χ0v) is 22.6. The summed E-state index contributed by atoms with van der Waals surface area (Å²) in [5.41, 5.74) is 0.183. The first kappa shape index (κ1) is 28.8. The lowest BCUT2D eigenvalue weighted by Gasteiger charge is -2.17. The Bertz CT molecular complexity index is 1450. The molecule has 0 radical (unpaired) electrons. The zero-order chi connectivity index (χ0) is 28.2. The van der Waals surface area contributed by atoms with Crippen LogP contribution in [0.25, 0.3) is 5.69 Å². The van der Waals surface area contributed by atoms with Crippen LogP contribution in [-0.2, 0) is 14.8 Å². The topological polar surface area (TPSA) is 140 Å². The summed E-state index contributed by atoms with van der Waals surface area (Å²) in [5.74, 6) is -2.71. The van der Waals surface area contributed by atoms with Gasteiger partial charge in [-0.15, -0.1) is 0 Å². The van der Waals surface area contributed by atoms with Gasteiger partial charge >= 0.3 is 5.97 Å². The highest BCUT2D eigenvalue weighted by atomic mass is 32.2. The summed E-state index contributed by atoms with van der Waals surface area (Å²) in [7, 11) is -4.13. The fraction of sp³-hybridized carbons (Fsp3) is 0.346. The van der Waals surface area contributed by atoms with Gasteiger partial charge in [-0.2, -0.15) is 9.78 Å². The minimum absolute atomic E-state index is 0.0113. The molecule has 3 N–H and O–H groups in total. The Labute approximate surface area is 220 Å². The van der Waals surface area contributed by atoms with Crippen LogP contribution in [0.3, 0.4) is 0 Å². The highest BCUT2D eigenvalue weighted by Gasteiger charge is 2.27. The lowest BCUT2D eigenvalue weighted by molar-refractivity contribution is -0.119. The number of carboxylic acid groups (broad SMARTS) is 1. The molecule has 3 rings (SSSR count). The Balaban J connectivity index is 2.15. The normalized spacial score (nSPS) is 12.4. The number of carbonyl (C=O) groups is 2. The molecule has 1 aromatic heterocycles. The number of benzene rings is 2. The summed E-state index contributed by atoms with van der Waals surface area (Å²) in [6, 6.07) is 9.40. The highest BCUT2D eigenvalue weighted by molar-refractivity contribution is 7.89. The molecule has 0 fully saturated rings. The van der Waals surface area contributed by atoms with Crippen molar-refractivity contribution in [2.24, 2.45) is 11.8 Å². The Kier molecular flexibility index (Phi) is 8.89. The number of ether oxygens (including phenoxy) is 1. The van der Waals surface area contributed by atoms with Crippen molar-refractivity contribution < 1.29 is 32.2 Å². The number of aromatic nitrogens is 2. The molecule has 0 saturated carbocycles. The van der Waals surface area contributed by atoms with Gasteiger partial charge in [-0.25, -0.2) is 22.3 Å². The van der Waals surface area contributed by atoms with Crippen LogP contribution in [0.2, 0.25) is 0 Å². The highest BCUT2D eigenvalue weighted by Crippen LogP contribution is 2.35. The third-order valence-corrected chi connectivity index (χ3v) is 7.22. The largest absolute Gasteiger partial charge is 0.476 e. The van der Waals surface area contributed by atoms with Crippen LogP contribution in [-0.4, -0.2) is 41.7 Å². The number of anilines is 1. The van der Waals surface area contributed by atoms with E-state index in [9.17, 15) is 27.5 Å². The number of nitrogens with zero attached hydrogens (tertiary/aromatic N) is 2. The summed E-state index contributed by atoms with van der Waals surface area (Å²) in [6.07, 6.45) is 0.601. The van der Waals surface area contributed by atoms with Gasteiger partial charge in [-0.05, 0) is 55.7 Å². The average molecular weight is 547 g/mol. The SMILES string of the molecule is CC[C@H](C)C(=O)Nc1ccc(Oc2c(C)c(C(=O)O)nn2-c2cccc(F)c2)c(S(=O)(=O)NCC(C)C)c1. The fourth-order valence-corrected chi connectivity index (χ4v) is 4.74. The van der Waals surface area contributed by atoms with Gasteiger partial charge in [-0.3, -0.25) is 4.79 Å². The number of hydrogen-bond acceptors (Lipinski definition) is 6. The van der Waals surface area contributed by atoms with E-state index in [-0.39, 0.29) is 63.4 Å². The van der Waals surface area contributed by atoms with E-state index < -0.39 is 21.8 Å². The molecule has 0 aliphatic rings. The fourth-order valence-electron chi connectivity index (χ4n) is 3.38. The monoisotopic (exact) mass is 546 g/mol. The van der Waals surface area contributed by atoms with Gasteiger partial charge in [0.25, 0.3) is 0 Å². The van der Waals surface area contributed by atoms with E-state index in [0.717, 1.165) is 10.7 Å². The van der Waals surface area contributed by atoms with Crippen molar-refractivity contribution in [2.45, 2.75) is 45.9 Å². The summed E-state index contributed by atoms with van der Waals surface area (Å²) in [5, 5.41) is 16.4. The molecule has 0 bridgehead atoms. The van der Waals surface area contributed by atoms with Gasteiger partial charge in [0, 0.05) is 23.7 Å². The lowest BCUT2D eigenvalue weighted by Crippen LogP contribution is -2.28. The van der Waals surface area contributed by atoms with E-state index in [1.165, 1.54) is 43.3 Å². The molecular weight excluding hydrogens is 515 g/mol. The molecule has 0 saturated heterocycles. The standard InChI is InChI=1S/C26H31FN4O6S/c1-6-16(4)24(32)29-19-10-11-21(22(13-19)38(35,36)28-14-15(2)3)37-25-17(5)23(26(33)34)30-31(25)20-9-7-8-18(27)12-20/h7-13,15-16,28H,6,14H2,1-5H3,(H,29,32)(H,33,34)/t16-/m0/s1. The van der Waals surface area contributed by atoms with Crippen molar-refractivity contribution in [1.29, 1.82) is 0 Å².